The summed E-state index contributed by atoms with van der Waals surface area (Å²) in [5.74, 6) is -1.42. The molecule has 0 N–H and O–H groups in total. The van der Waals surface area contributed by atoms with Gasteiger partial charge in [0.15, 0.2) is 11.5 Å². The molecule has 1 aromatic carbocycles. The minimum atomic E-state index is -0.801. The van der Waals surface area contributed by atoms with Crippen LogP contribution in [0.2, 0.25) is 0 Å². The monoisotopic (exact) mass is 602 g/mol. The fourth-order valence-corrected chi connectivity index (χ4v) is 5.67. The van der Waals surface area contributed by atoms with Crippen LogP contribution in [-0.4, -0.2) is 62.1 Å². The third-order valence-electron chi connectivity index (χ3n) is 7.69. The maximum absolute atomic E-state index is 16.2. The molecule has 230 valence electrons. The van der Waals surface area contributed by atoms with E-state index in [9.17, 15) is 9.59 Å². The molecule has 0 aliphatic carbocycles. The summed E-state index contributed by atoms with van der Waals surface area (Å²) in [5.41, 5.74) is 0.894. The standard InChI is InChI=1S/C33H36F2N6O3/c1-8-26(42)39-14-15-40(21(7)17-39)31-22-16-24(35)29(27-23(34)10-9-11-25(27)44-19(4)5)37-32(22)41(33(43)38-31)30-20(6)12-13-36-28(30)18(2)3/h8-13,16,18-19,21H,1,14-15,17H2,2-7H3/t21-/m0/s1. The summed E-state index contributed by atoms with van der Waals surface area (Å²) in [6.07, 6.45) is 2.62. The number of rotatable bonds is 7. The van der Waals surface area contributed by atoms with Crippen LogP contribution in [0.1, 0.15) is 51.8 Å². The van der Waals surface area contributed by atoms with E-state index in [2.05, 4.69) is 21.5 Å². The molecular weight excluding hydrogens is 566 g/mol. The molecule has 4 heterocycles. The van der Waals surface area contributed by atoms with E-state index in [0.29, 0.717) is 31.0 Å². The van der Waals surface area contributed by atoms with Crippen LogP contribution in [-0.2, 0) is 4.79 Å². The number of hydrogen-bond donors (Lipinski definition) is 0. The first-order chi connectivity index (χ1) is 20.9. The summed E-state index contributed by atoms with van der Waals surface area (Å²) in [6, 6.07) is 7.03. The van der Waals surface area contributed by atoms with Crippen LogP contribution in [0, 0.1) is 18.6 Å². The van der Waals surface area contributed by atoms with E-state index in [4.69, 9.17) is 4.74 Å². The maximum Gasteiger partial charge on any atom is 0.355 e. The Kier molecular flexibility index (Phi) is 8.49. The van der Waals surface area contributed by atoms with Gasteiger partial charge in [-0.25, -0.2) is 23.1 Å². The second kappa shape index (κ2) is 12.1. The minimum absolute atomic E-state index is 0.0699. The molecule has 1 amide bonds. The van der Waals surface area contributed by atoms with E-state index in [1.807, 2.05) is 32.6 Å². The van der Waals surface area contributed by atoms with E-state index in [0.717, 1.165) is 5.56 Å². The summed E-state index contributed by atoms with van der Waals surface area (Å²) >= 11 is 0. The Morgan fingerprint density at radius 1 is 1.11 bits per heavy atom. The summed E-state index contributed by atoms with van der Waals surface area (Å²) in [7, 11) is 0. The number of benzene rings is 1. The fraction of sp³-hybridized carbons (Fsp3) is 0.364. The van der Waals surface area contributed by atoms with Crippen molar-refractivity contribution in [3.05, 3.63) is 82.6 Å². The Morgan fingerprint density at radius 3 is 2.52 bits per heavy atom. The zero-order valence-electron chi connectivity index (χ0n) is 25.8. The molecular formula is C33H36F2N6O3. The Bertz CT molecular complexity index is 1820. The maximum atomic E-state index is 16.2. The van der Waals surface area contributed by atoms with Gasteiger partial charge in [-0.05, 0) is 69.5 Å². The first kappa shape index (κ1) is 30.8. The lowest BCUT2D eigenvalue weighted by Gasteiger charge is -2.40. The van der Waals surface area contributed by atoms with Crippen molar-refractivity contribution in [3.8, 4) is 22.7 Å². The highest BCUT2D eigenvalue weighted by atomic mass is 19.1. The van der Waals surface area contributed by atoms with Crippen molar-refractivity contribution in [3.63, 3.8) is 0 Å². The third kappa shape index (κ3) is 5.54. The Labute approximate surface area is 254 Å². The highest BCUT2D eigenvalue weighted by molar-refractivity contribution is 5.91. The molecule has 0 unspecified atom stereocenters. The summed E-state index contributed by atoms with van der Waals surface area (Å²) in [4.78, 5) is 43.6. The molecule has 1 saturated heterocycles. The van der Waals surface area contributed by atoms with Gasteiger partial charge in [0.25, 0.3) is 0 Å². The molecule has 1 aliphatic heterocycles. The quantitative estimate of drug-likeness (QED) is 0.256. The van der Waals surface area contributed by atoms with Gasteiger partial charge >= 0.3 is 5.69 Å². The van der Waals surface area contributed by atoms with Gasteiger partial charge in [-0.2, -0.15) is 4.98 Å². The van der Waals surface area contributed by atoms with Gasteiger partial charge in [0.2, 0.25) is 5.91 Å². The predicted octanol–water partition coefficient (Wildman–Crippen LogP) is 5.56. The molecule has 1 fully saturated rings. The second-order valence-electron chi connectivity index (χ2n) is 11.6. The van der Waals surface area contributed by atoms with Crippen LogP contribution in [0.25, 0.3) is 28.0 Å². The number of pyridine rings is 2. The van der Waals surface area contributed by atoms with Crippen molar-refractivity contribution >= 4 is 22.8 Å². The van der Waals surface area contributed by atoms with Gasteiger partial charge < -0.3 is 14.5 Å². The number of amides is 1. The van der Waals surface area contributed by atoms with Crippen molar-refractivity contribution < 1.29 is 18.3 Å². The molecule has 0 radical (unpaired) electrons. The van der Waals surface area contributed by atoms with E-state index in [1.54, 1.807) is 37.1 Å². The SMILES string of the molecule is C=CC(=O)N1CCN(c2nc(=O)n(-c3c(C)ccnc3C(C)C)c3nc(-c4c(F)cccc4OC(C)C)c(F)cc23)[C@@H](C)C1. The third-order valence-corrected chi connectivity index (χ3v) is 7.69. The number of carbonyl (C=O) groups excluding carboxylic acids is 1. The number of ether oxygens (including phenoxy) is 1. The molecule has 3 aromatic heterocycles. The van der Waals surface area contributed by atoms with Crippen LogP contribution in [0.3, 0.4) is 0 Å². The normalized spacial score (nSPS) is 15.4. The number of carbonyl (C=O) groups is 1. The van der Waals surface area contributed by atoms with Gasteiger partial charge in [-0.1, -0.05) is 26.5 Å². The largest absolute Gasteiger partial charge is 0.490 e. The molecule has 0 spiro atoms. The lowest BCUT2D eigenvalue weighted by Crippen LogP contribution is -2.54. The van der Waals surface area contributed by atoms with Crippen LogP contribution in [0.4, 0.5) is 14.6 Å². The number of halogens is 2. The highest BCUT2D eigenvalue weighted by Crippen LogP contribution is 2.37. The van der Waals surface area contributed by atoms with Crippen LogP contribution in [0.15, 0.2) is 54.0 Å². The predicted molar refractivity (Wildman–Crippen MR) is 166 cm³/mol. The van der Waals surface area contributed by atoms with Gasteiger partial charge in [0, 0.05) is 31.9 Å². The number of aromatic nitrogens is 4. The molecule has 0 bridgehead atoms. The lowest BCUT2D eigenvalue weighted by atomic mass is 10.0. The molecule has 44 heavy (non-hydrogen) atoms. The van der Waals surface area contributed by atoms with Crippen LogP contribution < -0.4 is 15.3 Å². The molecule has 5 rings (SSSR count). The number of hydrogen-bond acceptors (Lipinski definition) is 7. The molecule has 0 saturated carbocycles. The Balaban J connectivity index is 1.84. The van der Waals surface area contributed by atoms with Gasteiger partial charge in [0.1, 0.15) is 23.1 Å². The average molecular weight is 603 g/mol. The van der Waals surface area contributed by atoms with Crippen molar-refractivity contribution in [1.82, 2.24) is 24.4 Å². The van der Waals surface area contributed by atoms with Crippen molar-refractivity contribution in [2.75, 3.05) is 24.5 Å². The van der Waals surface area contributed by atoms with Gasteiger partial charge in [0.05, 0.1) is 28.4 Å². The fourth-order valence-electron chi connectivity index (χ4n) is 5.67. The zero-order valence-corrected chi connectivity index (χ0v) is 25.8. The highest BCUT2D eigenvalue weighted by Gasteiger charge is 2.31. The number of nitrogens with zero attached hydrogens (tertiary/aromatic N) is 6. The number of anilines is 1. The molecule has 4 aromatic rings. The first-order valence-electron chi connectivity index (χ1n) is 14.7. The first-order valence-corrected chi connectivity index (χ1v) is 14.7. The average Bonchev–Trinajstić information content (AvgIpc) is 2.97. The second-order valence-corrected chi connectivity index (χ2v) is 11.6. The summed E-state index contributed by atoms with van der Waals surface area (Å²) in [6.45, 7) is 15.9. The number of fused-ring (bicyclic) bond motifs is 1. The van der Waals surface area contributed by atoms with E-state index in [-0.39, 0.29) is 57.8 Å². The molecule has 11 heteroatoms. The van der Waals surface area contributed by atoms with Crippen LogP contribution in [0.5, 0.6) is 5.75 Å². The minimum Gasteiger partial charge on any atom is -0.490 e. The molecule has 9 nitrogen and oxygen atoms in total. The number of aryl methyl sites for hydroxylation is 1. The summed E-state index contributed by atoms with van der Waals surface area (Å²) < 4.78 is 38.8. The van der Waals surface area contributed by atoms with E-state index < -0.39 is 17.3 Å². The smallest absolute Gasteiger partial charge is 0.355 e. The van der Waals surface area contributed by atoms with E-state index in [1.165, 1.54) is 28.8 Å². The van der Waals surface area contributed by atoms with Gasteiger partial charge in [-0.15, -0.1) is 0 Å². The topological polar surface area (TPSA) is 93.5 Å². The Hall–Kier alpha value is -4.67. The van der Waals surface area contributed by atoms with Crippen molar-refractivity contribution in [2.24, 2.45) is 0 Å². The van der Waals surface area contributed by atoms with E-state index >= 15 is 8.78 Å². The summed E-state index contributed by atoms with van der Waals surface area (Å²) in [5, 5.41) is 0.266. The zero-order chi connectivity index (χ0) is 31.9. The van der Waals surface area contributed by atoms with Gasteiger partial charge in [-0.3, -0.25) is 9.78 Å². The lowest BCUT2D eigenvalue weighted by molar-refractivity contribution is -0.126. The Morgan fingerprint density at radius 2 is 1.86 bits per heavy atom. The number of piperazine rings is 1. The molecule has 1 atom stereocenters. The molecule has 1 aliphatic rings. The van der Waals surface area contributed by atoms with Crippen molar-refractivity contribution in [1.29, 1.82) is 0 Å². The van der Waals surface area contributed by atoms with Crippen molar-refractivity contribution in [2.45, 2.75) is 59.6 Å². The van der Waals surface area contributed by atoms with Crippen LogP contribution >= 0.6 is 0 Å².